The SMILES string of the molecule is CCC1CN(CC2(C)CCCN2)CCO1. The number of hydrogen-bond acceptors (Lipinski definition) is 3. The van der Waals surface area contributed by atoms with Crippen molar-refractivity contribution in [2.75, 3.05) is 32.8 Å². The maximum atomic E-state index is 5.69. The molecule has 3 nitrogen and oxygen atoms in total. The zero-order chi connectivity index (χ0) is 10.7. The molecule has 0 bridgehead atoms. The van der Waals surface area contributed by atoms with Crippen molar-refractivity contribution in [1.82, 2.24) is 10.2 Å². The standard InChI is InChI=1S/C12H24N2O/c1-3-11-9-14(7-8-15-11)10-12(2)5-4-6-13-12/h11,13H,3-10H2,1-2H3. The van der Waals surface area contributed by atoms with Gasteiger partial charge in [0.25, 0.3) is 0 Å². The average Bonchev–Trinajstić information content (AvgIpc) is 2.65. The second-order valence-corrected chi connectivity index (χ2v) is 5.23. The summed E-state index contributed by atoms with van der Waals surface area (Å²) < 4.78 is 5.69. The maximum Gasteiger partial charge on any atom is 0.0700 e. The van der Waals surface area contributed by atoms with E-state index in [1.807, 2.05) is 0 Å². The Kier molecular flexibility index (Phi) is 3.65. The molecule has 15 heavy (non-hydrogen) atoms. The van der Waals surface area contributed by atoms with E-state index in [0.29, 0.717) is 11.6 Å². The van der Waals surface area contributed by atoms with Crippen LogP contribution in [0.15, 0.2) is 0 Å². The van der Waals surface area contributed by atoms with Crippen LogP contribution < -0.4 is 5.32 Å². The van der Waals surface area contributed by atoms with E-state index in [0.717, 1.165) is 26.1 Å². The molecule has 3 heteroatoms. The summed E-state index contributed by atoms with van der Waals surface area (Å²) >= 11 is 0. The number of morpholine rings is 1. The highest BCUT2D eigenvalue weighted by Gasteiger charge is 2.31. The van der Waals surface area contributed by atoms with Crippen LogP contribution in [0.25, 0.3) is 0 Å². The molecule has 0 amide bonds. The molecule has 2 atom stereocenters. The van der Waals surface area contributed by atoms with Gasteiger partial charge in [-0.3, -0.25) is 4.90 Å². The van der Waals surface area contributed by atoms with Gasteiger partial charge >= 0.3 is 0 Å². The van der Waals surface area contributed by atoms with Crippen LogP contribution in [0, 0.1) is 0 Å². The van der Waals surface area contributed by atoms with Crippen LogP contribution in [0.3, 0.4) is 0 Å². The first-order valence-corrected chi connectivity index (χ1v) is 6.31. The molecule has 2 fully saturated rings. The summed E-state index contributed by atoms with van der Waals surface area (Å²) in [7, 11) is 0. The van der Waals surface area contributed by atoms with Gasteiger partial charge in [-0.2, -0.15) is 0 Å². The molecule has 0 aromatic carbocycles. The molecule has 0 aromatic rings. The first-order valence-electron chi connectivity index (χ1n) is 6.31. The fourth-order valence-electron chi connectivity index (χ4n) is 2.76. The summed E-state index contributed by atoms with van der Waals surface area (Å²) in [4.78, 5) is 2.57. The van der Waals surface area contributed by atoms with Crippen LogP contribution in [-0.2, 0) is 4.74 Å². The number of nitrogens with one attached hydrogen (secondary N) is 1. The molecule has 0 radical (unpaired) electrons. The molecule has 2 rings (SSSR count). The molecule has 2 saturated heterocycles. The Labute approximate surface area is 93.2 Å². The lowest BCUT2D eigenvalue weighted by Gasteiger charge is -2.37. The molecule has 1 N–H and O–H groups in total. The van der Waals surface area contributed by atoms with E-state index in [1.54, 1.807) is 0 Å². The monoisotopic (exact) mass is 212 g/mol. The molecule has 0 spiro atoms. The predicted molar refractivity (Wildman–Crippen MR) is 62.1 cm³/mol. The zero-order valence-corrected chi connectivity index (χ0v) is 10.1. The first-order chi connectivity index (χ1) is 7.22. The highest BCUT2D eigenvalue weighted by Crippen LogP contribution is 2.21. The second kappa shape index (κ2) is 4.81. The molecule has 0 aliphatic carbocycles. The summed E-state index contributed by atoms with van der Waals surface area (Å²) in [6.07, 6.45) is 4.25. The summed E-state index contributed by atoms with van der Waals surface area (Å²) in [5.74, 6) is 0. The third kappa shape index (κ3) is 2.92. The molecule has 2 aliphatic rings. The van der Waals surface area contributed by atoms with Crippen LogP contribution in [0.5, 0.6) is 0 Å². The Morgan fingerprint density at radius 2 is 2.40 bits per heavy atom. The number of nitrogens with zero attached hydrogens (tertiary/aromatic N) is 1. The third-order valence-electron chi connectivity index (χ3n) is 3.71. The minimum absolute atomic E-state index is 0.357. The number of rotatable bonds is 3. The topological polar surface area (TPSA) is 24.5 Å². The van der Waals surface area contributed by atoms with E-state index in [4.69, 9.17) is 4.74 Å². The van der Waals surface area contributed by atoms with E-state index in [1.165, 1.54) is 25.9 Å². The second-order valence-electron chi connectivity index (χ2n) is 5.23. The van der Waals surface area contributed by atoms with Crippen molar-refractivity contribution < 1.29 is 4.74 Å². The predicted octanol–water partition coefficient (Wildman–Crippen LogP) is 1.24. The maximum absolute atomic E-state index is 5.69. The van der Waals surface area contributed by atoms with Crippen molar-refractivity contribution in [3.63, 3.8) is 0 Å². The average molecular weight is 212 g/mol. The summed E-state index contributed by atoms with van der Waals surface area (Å²) in [5, 5.41) is 3.63. The highest BCUT2D eigenvalue weighted by molar-refractivity contribution is 4.92. The Morgan fingerprint density at radius 3 is 3.07 bits per heavy atom. The van der Waals surface area contributed by atoms with E-state index in [9.17, 15) is 0 Å². The lowest BCUT2D eigenvalue weighted by Crippen LogP contribution is -2.52. The molecule has 2 unspecified atom stereocenters. The summed E-state index contributed by atoms with van der Waals surface area (Å²) in [5.41, 5.74) is 0.357. The quantitative estimate of drug-likeness (QED) is 0.762. The molecule has 88 valence electrons. The zero-order valence-electron chi connectivity index (χ0n) is 10.1. The van der Waals surface area contributed by atoms with Gasteiger partial charge in [-0.25, -0.2) is 0 Å². The fourth-order valence-corrected chi connectivity index (χ4v) is 2.76. The Bertz CT molecular complexity index is 202. The summed E-state index contributed by atoms with van der Waals surface area (Å²) in [6.45, 7) is 10.1. The molecule has 2 aliphatic heterocycles. The van der Waals surface area contributed by atoms with Crippen molar-refractivity contribution in [3.05, 3.63) is 0 Å². The third-order valence-corrected chi connectivity index (χ3v) is 3.71. The van der Waals surface area contributed by atoms with Gasteiger partial charge in [0, 0.05) is 25.2 Å². The van der Waals surface area contributed by atoms with Crippen LogP contribution >= 0.6 is 0 Å². The van der Waals surface area contributed by atoms with E-state index in [2.05, 4.69) is 24.1 Å². The molecule has 2 heterocycles. The van der Waals surface area contributed by atoms with Crippen LogP contribution in [0.2, 0.25) is 0 Å². The van der Waals surface area contributed by atoms with E-state index >= 15 is 0 Å². The minimum atomic E-state index is 0.357. The van der Waals surface area contributed by atoms with Gasteiger partial charge in [0.2, 0.25) is 0 Å². The summed E-state index contributed by atoms with van der Waals surface area (Å²) in [6, 6.07) is 0. The highest BCUT2D eigenvalue weighted by atomic mass is 16.5. The fraction of sp³-hybridized carbons (Fsp3) is 1.00. The smallest absolute Gasteiger partial charge is 0.0700 e. The number of hydrogen-bond donors (Lipinski definition) is 1. The van der Waals surface area contributed by atoms with Gasteiger partial charge < -0.3 is 10.1 Å². The van der Waals surface area contributed by atoms with Crippen LogP contribution in [0.1, 0.15) is 33.1 Å². The largest absolute Gasteiger partial charge is 0.376 e. The lowest BCUT2D eigenvalue weighted by molar-refractivity contribution is -0.0359. The Hall–Kier alpha value is -0.120. The van der Waals surface area contributed by atoms with Crippen LogP contribution in [0.4, 0.5) is 0 Å². The first kappa shape index (κ1) is 11.4. The lowest BCUT2D eigenvalue weighted by atomic mass is 9.99. The van der Waals surface area contributed by atoms with Crippen molar-refractivity contribution in [2.24, 2.45) is 0 Å². The van der Waals surface area contributed by atoms with Crippen molar-refractivity contribution >= 4 is 0 Å². The van der Waals surface area contributed by atoms with Gasteiger partial charge in [-0.15, -0.1) is 0 Å². The van der Waals surface area contributed by atoms with Crippen molar-refractivity contribution in [2.45, 2.75) is 44.8 Å². The van der Waals surface area contributed by atoms with Gasteiger partial charge in [0.05, 0.1) is 12.7 Å². The molecule has 0 saturated carbocycles. The normalized spacial score (nSPS) is 38.4. The minimum Gasteiger partial charge on any atom is -0.376 e. The van der Waals surface area contributed by atoms with Gasteiger partial charge in [-0.05, 0) is 32.7 Å². The number of ether oxygens (including phenoxy) is 1. The van der Waals surface area contributed by atoms with Gasteiger partial charge in [-0.1, -0.05) is 6.92 Å². The van der Waals surface area contributed by atoms with Gasteiger partial charge in [0.15, 0.2) is 0 Å². The Balaban J connectivity index is 1.83. The van der Waals surface area contributed by atoms with Crippen molar-refractivity contribution in [1.29, 1.82) is 0 Å². The van der Waals surface area contributed by atoms with E-state index in [-0.39, 0.29) is 0 Å². The molecule has 0 aromatic heterocycles. The Morgan fingerprint density at radius 1 is 1.53 bits per heavy atom. The molecular formula is C12H24N2O. The van der Waals surface area contributed by atoms with Gasteiger partial charge in [0.1, 0.15) is 0 Å². The van der Waals surface area contributed by atoms with Crippen LogP contribution in [-0.4, -0.2) is 49.3 Å². The molecular weight excluding hydrogens is 188 g/mol. The van der Waals surface area contributed by atoms with E-state index < -0.39 is 0 Å². The van der Waals surface area contributed by atoms with Crippen molar-refractivity contribution in [3.8, 4) is 0 Å².